The highest BCUT2D eigenvalue weighted by atomic mass is 35.5. The second kappa shape index (κ2) is 7.14. The molecule has 0 N–H and O–H groups in total. The van der Waals surface area contributed by atoms with Crippen molar-refractivity contribution in [2.24, 2.45) is 0 Å². The van der Waals surface area contributed by atoms with E-state index in [9.17, 15) is 4.79 Å². The molecule has 0 bridgehead atoms. The predicted octanol–water partition coefficient (Wildman–Crippen LogP) is 3.71. The Morgan fingerprint density at radius 1 is 1.14 bits per heavy atom. The molecule has 3 nitrogen and oxygen atoms in total. The van der Waals surface area contributed by atoms with Gasteiger partial charge in [0.05, 0.1) is 7.11 Å². The number of rotatable bonds is 5. The van der Waals surface area contributed by atoms with Crippen molar-refractivity contribution in [3.05, 3.63) is 65.2 Å². The van der Waals surface area contributed by atoms with E-state index in [4.69, 9.17) is 16.3 Å². The van der Waals surface area contributed by atoms with Crippen LogP contribution >= 0.6 is 11.6 Å². The zero-order valence-corrected chi connectivity index (χ0v) is 12.9. The molecule has 0 aliphatic heterocycles. The third kappa shape index (κ3) is 3.76. The first-order valence-electron chi connectivity index (χ1n) is 6.68. The lowest BCUT2D eigenvalue weighted by Gasteiger charge is -2.19. The van der Waals surface area contributed by atoms with E-state index in [1.165, 1.54) is 0 Å². The van der Waals surface area contributed by atoms with Crippen LogP contribution in [-0.4, -0.2) is 25.0 Å². The summed E-state index contributed by atoms with van der Waals surface area (Å²) in [6, 6.07) is 15.1. The number of halogens is 1. The van der Waals surface area contributed by atoms with Gasteiger partial charge in [-0.25, -0.2) is 0 Å². The number of alkyl halides is 1. The Labute approximate surface area is 130 Å². The van der Waals surface area contributed by atoms with Crippen LogP contribution in [0, 0.1) is 0 Å². The van der Waals surface area contributed by atoms with Crippen LogP contribution in [0.4, 0.5) is 0 Å². The highest BCUT2D eigenvalue weighted by molar-refractivity contribution is 6.17. The van der Waals surface area contributed by atoms with Gasteiger partial charge in [-0.15, -0.1) is 11.6 Å². The van der Waals surface area contributed by atoms with E-state index in [0.717, 1.165) is 16.9 Å². The van der Waals surface area contributed by atoms with E-state index in [1.807, 2.05) is 36.4 Å². The van der Waals surface area contributed by atoms with Gasteiger partial charge < -0.3 is 9.64 Å². The Morgan fingerprint density at radius 2 is 1.81 bits per heavy atom. The van der Waals surface area contributed by atoms with Gasteiger partial charge in [0.1, 0.15) is 5.75 Å². The molecule has 0 saturated heterocycles. The van der Waals surface area contributed by atoms with Crippen molar-refractivity contribution in [2.75, 3.05) is 14.2 Å². The van der Waals surface area contributed by atoms with Gasteiger partial charge in [0, 0.05) is 30.6 Å². The minimum absolute atomic E-state index is 0.0259. The molecule has 0 unspecified atom stereocenters. The lowest BCUT2D eigenvalue weighted by atomic mass is 10.1. The summed E-state index contributed by atoms with van der Waals surface area (Å²) in [5, 5.41) is 0. The summed E-state index contributed by atoms with van der Waals surface area (Å²) >= 11 is 5.75. The van der Waals surface area contributed by atoms with Crippen LogP contribution in [0.5, 0.6) is 5.75 Å². The Morgan fingerprint density at radius 3 is 2.43 bits per heavy atom. The van der Waals surface area contributed by atoms with Gasteiger partial charge in [-0.2, -0.15) is 0 Å². The highest BCUT2D eigenvalue weighted by Crippen LogP contribution is 2.19. The number of para-hydroxylation sites is 1. The monoisotopic (exact) mass is 303 g/mol. The molecular formula is C17H18ClNO2. The van der Waals surface area contributed by atoms with Crippen LogP contribution in [0.25, 0.3) is 0 Å². The number of hydrogen-bond acceptors (Lipinski definition) is 2. The van der Waals surface area contributed by atoms with Gasteiger partial charge in [0.15, 0.2) is 0 Å². The fourth-order valence-electron chi connectivity index (χ4n) is 2.12. The van der Waals surface area contributed by atoms with Crippen molar-refractivity contribution in [2.45, 2.75) is 12.4 Å². The fraction of sp³-hybridized carbons (Fsp3) is 0.235. The predicted molar refractivity (Wildman–Crippen MR) is 84.8 cm³/mol. The summed E-state index contributed by atoms with van der Waals surface area (Å²) in [5.41, 5.74) is 2.63. The zero-order chi connectivity index (χ0) is 15.2. The maximum absolute atomic E-state index is 12.4. The second-order valence-electron chi connectivity index (χ2n) is 4.80. The van der Waals surface area contributed by atoms with Crippen molar-refractivity contribution in [3.8, 4) is 5.75 Å². The molecule has 0 aromatic heterocycles. The minimum atomic E-state index is -0.0259. The van der Waals surface area contributed by atoms with Crippen LogP contribution < -0.4 is 4.74 Å². The zero-order valence-electron chi connectivity index (χ0n) is 12.2. The first-order valence-corrected chi connectivity index (χ1v) is 7.21. The Bertz CT molecular complexity index is 610. The van der Waals surface area contributed by atoms with Crippen LogP contribution in [0.1, 0.15) is 21.5 Å². The quantitative estimate of drug-likeness (QED) is 0.788. The Hall–Kier alpha value is -2.00. The second-order valence-corrected chi connectivity index (χ2v) is 5.07. The molecule has 0 heterocycles. The lowest BCUT2D eigenvalue weighted by molar-refractivity contribution is 0.0784. The van der Waals surface area contributed by atoms with Gasteiger partial charge in [-0.05, 0) is 23.8 Å². The topological polar surface area (TPSA) is 29.5 Å². The lowest BCUT2D eigenvalue weighted by Crippen LogP contribution is -2.26. The summed E-state index contributed by atoms with van der Waals surface area (Å²) in [6.45, 7) is 0.500. The largest absolute Gasteiger partial charge is 0.496 e. The van der Waals surface area contributed by atoms with Crippen molar-refractivity contribution in [1.82, 2.24) is 4.90 Å². The number of hydrogen-bond donors (Lipinski definition) is 0. The van der Waals surface area contributed by atoms with Gasteiger partial charge in [0.25, 0.3) is 5.91 Å². The summed E-state index contributed by atoms with van der Waals surface area (Å²) in [7, 11) is 3.41. The van der Waals surface area contributed by atoms with Crippen molar-refractivity contribution >= 4 is 17.5 Å². The number of nitrogens with zero attached hydrogens (tertiary/aromatic N) is 1. The van der Waals surface area contributed by atoms with Crippen molar-refractivity contribution in [1.29, 1.82) is 0 Å². The normalized spacial score (nSPS) is 10.2. The number of carbonyl (C=O) groups is 1. The average Bonchev–Trinajstić information content (AvgIpc) is 2.54. The molecule has 0 saturated carbocycles. The van der Waals surface area contributed by atoms with Crippen molar-refractivity contribution in [3.63, 3.8) is 0 Å². The first kappa shape index (κ1) is 15.4. The molecule has 1 amide bonds. The SMILES string of the molecule is COc1ccccc1CN(C)C(=O)c1ccc(CCl)cc1. The van der Waals surface area contributed by atoms with E-state index in [1.54, 1.807) is 31.2 Å². The highest BCUT2D eigenvalue weighted by Gasteiger charge is 2.13. The third-order valence-electron chi connectivity index (χ3n) is 3.30. The van der Waals surface area contributed by atoms with Crippen LogP contribution in [0.2, 0.25) is 0 Å². The number of methoxy groups -OCH3 is 1. The van der Waals surface area contributed by atoms with Crippen LogP contribution in [-0.2, 0) is 12.4 Å². The van der Waals surface area contributed by atoms with E-state index in [2.05, 4.69) is 0 Å². The van der Waals surface area contributed by atoms with E-state index < -0.39 is 0 Å². The number of amides is 1. The first-order chi connectivity index (χ1) is 10.2. The van der Waals surface area contributed by atoms with Crippen molar-refractivity contribution < 1.29 is 9.53 Å². The number of benzene rings is 2. The standard InChI is InChI=1S/C17H18ClNO2/c1-19(12-15-5-3-4-6-16(15)21-2)17(20)14-9-7-13(11-18)8-10-14/h3-10H,11-12H2,1-2H3. The maximum atomic E-state index is 12.4. The third-order valence-corrected chi connectivity index (χ3v) is 3.61. The van der Waals surface area contributed by atoms with Gasteiger partial charge >= 0.3 is 0 Å². The summed E-state index contributed by atoms with van der Waals surface area (Å²) in [5.74, 6) is 1.21. The molecule has 0 spiro atoms. The molecule has 110 valence electrons. The maximum Gasteiger partial charge on any atom is 0.253 e. The van der Waals surface area contributed by atoms with E-state index in [0.29, 0.717) is 18.0 Å². The van der Waals surface area contributed by atoms with E-state index >= 15 is 0 Å². The van der Waals surface area contributed by atoms with Crippen LogP contribution in [0.3, 0.4) is 0 Å². The molecule has 0 fully saturated rings. The van der Waals surface area contributed by atoms with E-state index in [-0.39, 0.29) is 5.91 Å². The molecule has 2 rings (SSSR count). The molecule has 0 aliphatic carbocycles. The molecule has 21 heavy (non-hydrogen) atoms. The number of ether oxygens (including phenoxy) is 1. The summed E-state index contributed by atoms with van der Waals surface area (Å²) in [4.78, 5) is 14.1. The molecular weight excluding hydrogens is 286 g/mol. The van der Waals surface area contributed by atoms with Crippen LogP contribution in [0.15, 0.2) is 48.5 Å². The molecule has 0 radical (unpaired) electrons. The van der Waals surface area contributed by atoms with Gasteiger partial charge in [0.2, 0.25) is 0 Å². The summed E-state index contributed by atoms with van der Waals surface area (Å²) in [6.07, 6.45) is 0. The Kier molecular flexibility index (Phi) is 5.23. The molecule has 0 aliphatic rings. The number of carbonyl (C=O) groups excluding carboxylic acids is 1. The average molecular weight is 304 g/mol. The fourth-order valence-corrected chi connectivity index (χ4v) is 2.30. The molecule has 0 atom stereocenters. The Balaban J connectivity index is 2.11. The summed E-state index contributed by atoms with van der Waals surface area (Å²) < 4.78 is 5.31. The smallest absolute Gasteiger partial charge is 0.253 e. The minimum Gasteiger partial charge on any atom is -0.496 e. The molecule has 2 aromatic rings. The van der Waals surface area contributed by atoms with Gasteiger partial charge in [-0.1, -0.05) is 30.3 Å². The molecule has 4 heteroatoms. The molecule has 2 aromatic carbocycles. The van der Waals surface area contributed by atoms with Gasteiger partial charge in [-0.3, -0.25) is 4.79 Å².